The maximum atomic E-state index is 12.7. The number of ether oxygens (including phenoxy) is 3. The van der Waals surface area contributed by atoms with Crippen LogP contribution < -0.4 is 0 Å². The van der Waals surface area contributed by atoms with E-state index < -0.39 is 12.1 Å². The van der Waals surface area contributed by atoms with Crippen LogP contribution in [0.25, 0.3) is 0 Å². The Morgan fingerprint density at radius 2 is 0.750 bits per heavy atom. The lowest BCUT2D eigenvalue weighted by Gasteiger charge is -2.18. The molecule has 0 spiro atoms. The number of esters is 3. The summed E-state index contributed by atoms with van der Waals surface area (Å²) in [5.41, 5.74) is 0. The third kappa shape index (κ3) is 41.0. The summed E-state index contributed by atoms with van der Waals surface area (Å²) in [6.07, 6.45) is 59.2. The first kappa shape index (κ1) is 51.8. The van der Waals surface area contributed by atoms with Crippen molar-refractivity contribution < 1.29 is 28.6 Å². The van der Waals surface area contributed by atoms with Crippen molar-refractivity contribution in [2.24, 2.45) is 0 Å². The van der Waals surface area contributed by atoms with Crippen molar-refractivity contribution >= 4 is 17.9 Å². The quantitative estimate of drug-likeness (QED) is 0.0207. The van der Waals surface area contributed by atoms with Crippen LogP contribution >= 0.6 is 0 Å². The van der Waals surface area contributed by atoms with Gasteiger partial charge in [-0.3, -0.25) is 14.4 Å². The highest BCUT2D eigenvalue weighted by molar-refractivity contribution is 5.71. The third-order valence-electron chi connectivity index (χ3n) is 8.32. The Labute approximate surface area is 342 Å². The van der Waals surface area contributed by atoms with Crippen molar-refractivity contribution in [3.8, 4) is 0 Å². The van der Waals surface area contributed by atoms with E-state index >= 15 is 0 Å². The number of carbonyl (C=O) groups is 3. The molecular formula is C50H76O6. The highest BCUT2D eigenvalue weighted by atomic mass is 16.6. The normalized spacial score (nSPS) is 13.3. The molecule has 0 aromatic rings. The zero-order chi connectivity index (χ0) is 40.8. The predicted octanol–water partition coefficient (Wildman–Crippen LogP) is 13.8. The lowest BCUT2D eigenvalue weighted by Crippen LogP contribution is -2.30. The molecule has 0 amide bonds. The van der Waals surface area contributed by atoms with E-state index in [1.165, 1.54) is 12.8 Å². The van der Waals surface area contributed by atoms with Crippen LogP contribution in [0.1, 0.15) is 156 Å². The largest absolute Gasteiger partial charge is 0.462 e. The van der Waals surface area contributed by atoms with Gasteiger partial charge < -0.3 is 14.2 Å². The summed E-state index contributed by atoms with van der Waals surface area (Å²) < 4.78 is 16.5. The standard InChI is InChI=1S/C50H76O6/c1-4-7-10-13-16-19-21-23-24-25-27-28-31-34-37-40-43-49(52)55-46-47(45-54-48(51)42-39-36-33-30-18-15-12-9-6-3)56-50(53)44-41-38-35-32-29-26-22-20-17-14-11-8-5-2/h7-12,14,16-20,22-24,26,29-30,32,35,47H,4-6,13,15,21,25,27-28,31,33-34,36-46H2,1-3H3/b10-7-,11-8-,12-9-,17-14-,19-16-,22-20-,24-23-,29-26-,30-18-,35-32-. The van der Waals surface area contributed by atoms with Gasteiger partial charge in [0.25, 0.3) is 0 Å². The summed E-state index contributed by atoms with van der Waals surface area (Å²) in [5.74, 6) is -1.07. The maximum absolute atomic E-state index is 12.7. The molecule has 312 valence electrons. The topological polar surface area (TPSA) is 78.9 Å². The van der Waals surface area contributed by atoms with E-state index in [0.29, 0.717) is 25.7 Å². The van der Waals surface area contributed by atoms with Gasteiger partial charge in [0.1, 0.15) is 13.2 Å². The average molecular weight is 773 g/mol. The van der Waals surface area contributed by atoms with E-state index in [1.807, 2.05) is 54.7 Å². The van der Waals surface area contributed by atoms with Gasteiger partial charge in [0.2, 0.25) is 0 Å². The molecule has 1 unspecified atom stereocenters. The molecule has 0 aromatic heterocycles. The van der Waals surface area contributed by atoms with Gasteiger partial charge in [-0.25, -0.2) is 0 Å². The Hall–Kier alpha value is -4.19. The first-order valence-corrected chi connectivity index (χ1v) is 21.6. The van der Waals surface area contributed by atoms with Crippen molar-refractivity contribution in [1.29, 1.82) is 0 Å². The smallest absolute Gasteiger partial charge is 0.306 e. The van der Waals surface area contributed by atoms with Gasteiger partial charge >= 0.3 is 17.9 Å². The second-order valence-electron chi connectivity index (χ2n) is 13.6. The summed E-state index contributed by atoms with van der Waals surface area (Å²) >= 11 is 0. The molecule has 0 fully saturated rings. The molecule has 0 radical (unpaired) electrons. The molecule has 0 aromatic carbocycles. The van der Waals surface area contributed by atoms with Crippen molar-refractivity contribution in [3.05, 3.63) is 122 Å². The molecule has 0 saturated heterocycles. The van der Waals surface area contributed by atoms with Gasteiger partial charge in [-0.2, -0.15) is 0 Å². The molecule has 0 heterocycles. The molecular weight excluding hydrogens is 697 g/mol. The summed E-state index contributed by atoms with van der Waals surface area (Å²) in [6, 6.07) is 0. The minimum atomic E-state index is -0.834. The van der Waals surface area contributed by atoms with Crippen molar-refractivity contribution in [1.82, 2.24) is 0 Å². The van der Waals surface area contributed by atoms with Gasteiger partial charge in [0.05, 0.1) is 0 Å². The molecule has 56 heavy (non-hydrogen) atoms. The van der Waals surface area contributed by atoms with E-state index in [4.69, 9.17) is 14.2 Å². The summed E-state index contributed by atoms with van der Waals surface area (Å²) in [7, 11) is 0. The van der Waals surface area contributed by atoms with E-state index in [-0.39, 0.29) is 31.6 Å². The molecule has 1 atom stereocenters. The molecule has 0 saturated carbocycles. The monoisotopic (exact) mass is 773 g/mol. The van der Waals surface area contributed by atoms with E-state index in [2.05, 4.69) is 87.6 Å². The highest BCUT2D eigenvalue weighted by Crippen LogP contribution is 2.11. The fraction of sp³-hybridized carbons (Fsp3) is 0.540. The predicted molar refractivity (Wildman–Crippen MR) is 237 cm³/mol. The van der Waals surface area contributed by atoms with Crippen LogP contribution in [0.15, 0.2) is 122 Å². The molecule has 0 aliphatic heterocycles. The Morgan fingerprint density at radius 3 is 1.29 bits per heavy atom. The van der Waals surface area contributed by atoms with Gasteiger partial charge in [0, 0.05) is 19.3 Å². The van der Waals surface area contributed by atoms with Gasteiger partial charge in [0.15, 0.2) is 6.10 Å². The van der Waals surface area contributed by atoms with Crippen LogP contribution in [0, 0.1) is 0 Å². The van der Waals surface area contributed by atoms with Crippen molar-refractivity contribution in [2.45, 2.75) is 162 Å². The van der Waals surface area contributed by atoms with Crippen LogP contribution in [-0.2, 0) is 28.6 Å². The van der Waals surface area contributed by atoms with Crippen LogP contribution in [0.2, 0.25) is 0 Å². The second kappa shape index (κ2) is 43.5. The first-order valence-electron chi connectivity index (χ1n) is 21.6. The molecule has 0 aliphatic rings. The highest BCUT2D eigenvalue weighted by Gasteiger charge is 2.19. The molecule has 0 rings (SSSR count). The van der Waals surface area contributed by atoms with E-state index in [1.54, 1.807) is 0 Å². The summed E-state index contributed by atoms with van der Waals surface area (Å²) in [5, 5.41) is 0. The first-order chi connectivity index (χ1) is 27.5. The number of rotatable bonds is 36. The average Bonchev–Trinajstić information content (AvgIpc) is 3.19. The van der Waals surface area contributed by atoms with Gasteiger partial charge in [-0.05, 0) is 89.9 Å². The fourth-order valence-corrected chi connectivity index (χ4v) is 5.17. The number of allylic oxidation sites excluding steroid dienone is 20. The number of hydrogen-bond acceptors (Lipinski definition) is 6. The lowest BCUT2D eigenvalue weighted by atomic mass is 10.1. The van der Waals surface area contributed by atoms with Crippen LogP contribution in [0.3, 0.4) is 0 Å². The SMILES string of the molecule is CC\C=C/C=C\C=C/C=C\C=C/CCCC(=O)OC(COC(=O)CCCC/C=C\C/C=C\CC)COC(=O)CCCCCCCC/C=C\C/C=C\C/C=C\CC. The summed E-state index contributed by atoms with van der Waals surface area (Å²) in [4.78, 5) is 37.6. The van der Waals surface area contributed by atoms with Crippen molar-refractivity contribution in [2.75, 3.05) is 13.2 Å². The Kier molecular flexibility index (Phi) is 40.3. The zero-order valence-electron chi connectivity index (χ0n) is 35.3. The molecule has 0 bridgehead atoms. The van der Waals surface area contributed by atoms with Gasteiger partial charge in [-0.1, -0.05) is 168 Å². The third-order valence-corrected chi connectivity index (χ3v) is 8.32. The minimum absolute atomic E-state index is 0.128. The van der Waals surface area contributed by atoms with Crippen LogP contribution in [-0.4, -0.2) is 37.2 Å². The zero-order valence-corrected chi connectivity index (χ0v) is 35.3. The Morgan fingerprint density at radius 1 is 0.375 bits per heavy atom. The fourth-order valence-electron chi connectivity index (χ4n) is 5.17. The molecule has 6 nitrogen and oxygen atoms in total. The van der Waals surface area contributed by atoms with Crippen LogP contribution in [0.5, 0.6) is 0 Å². The molecule has 0 N–H and O–H groups in total. The van der Waals surface area contributed by atoms with E-state index in [9.17, 15) is 14.4 Å². The second-order valence-corrected chi connectivity index (χ2v) is 13.6. The Balaban J connectivity index is 4.54. The molecule has 0 aliphatic carbocycles. The Bertz CT molecular complexity index is 1260. The lowest BCUT2D eigenvalue weighted by molar-refractivity contribution is -0.167. The number of unbranched alkanes of at least 4 members (excludes halogenated alkanes) is 9. The van der Waals surface area contributed by atoms with Crippen molar-refractivity contribution in [3.63, 3.8) is 0 Å². The molecule has 6 heteroatoms. The minimum Gasteiger partial charge on any atom is -0.462 e. The van der Waals surface area contributed by atoms with E-state index in [0.717, 1.165) is 89.9 Å². The van der Waals surface area contributed by atoms with Gasteiger partial charge in [-0.15, -0.1) is 0 Å². The summed E-state index contributed by atoms with van der Waals surface area (Å²) in [6.45, 7) is 6.10. The maximum Gasteiger partial charge on any atom is 0.306 e. The van der Waals surface area contributed by atoms with Crippen LogP contribution in [0.4, 0.5) is 0 Å². The number of carbonyl (C=O) groups excluding carboxylic acids is 3. The number of hydrogen-bond donors (Lipinski definition) is 0.